The second kappa shape index (κ2) is 10.3. The number of nitrogens with zero attached hydrogens (tertiary/aromatic N) is 2. The summed E-state index contributed by atoms with van der Waals surface area (Å²) >= 11 is 0. The number of rotatable bonds is 8. The van der Waals surface area contributed by atoms with Crippen LogP contribution in [0.5, 0.6) is 0 Å². The molecule has 0 aromatic heterocycles. The van der Waals surface area contributed by atoms with Crippen molar-refractivity contribution in [2.75, 3.05) is 13.1 Å². The first kappa shape index (κ1) is 29.5. The first-order valence-corrected chi connectivity index (χ1v) is 12.2. The predicted octanol–water partition coefficient (Wildman–Crippen LogP) is 1.64. The number of likely N-dealkylation sites (tertiary alicyclic amines) is 1. The molecule has 2 heterocycles. The molecule has 1 aliphatic carbocycles. The van der Waals surface area contributed by atoms with E-state index in [4.69, 9.17) is 0 Å². The van der Waals surface area contributed by atoms with Crippen LogP contribution in [0, 0.1) is 40.4 Å². The molecule has 0 unspecified atom stereocenters. The molecule has 1 saturated carbocycles. The molecule has 0 aromatic rings. The van der Waals surface area contributed by atoms with Crippen LogP contribution in [0.3, 0.4) is 0 Å². The highest BCUT2D eigenvalue weighted by molar-refractivity contribution is 5.94. The fourth-order valence-corrected chi connectivity index (χ4v) is 5.76. The van der Waals surface area contributed by atoms with Gasteiger partial charge in [-0.25, -0.2) is 0 Å². The molecule has 2 saturated heterocycles. The summed E-state index contributed by atoms with van der Waals surface area (Å²) in [5.74, 6) is -9.34. The number of nitrogens with one attached hydrogen (secondary N) is 3. The van der Waals surface area contributed by atoms with Crippen LogP contribution in [0.2, 0.25) is 0 Å². The SMILES string of the molecule is CC[C@@H]([C@H](NC(=O)C(F)(F)F)C(=O)N1C[C@H]2[C@@H]([C@H]1C(=O)N[C@@H](C#N)C[C@@H]1CCNC1=O)C2(C)C)C(F)(F)F. The van der Waals surface area contributed by atoms with Gasteiger partial charge in [-0.3, -0.25) is 19.2 Å². The van der Waals surface area contributed by atoms with Gasteiger partial charge in [-0.05, 0) is 36.5 Å². The van der Waals surface area contributed by atoms with Crippen molar-refractivity contribution in [2.45, 2.75) is 70.5 Å². The summed E-state index contributed by atoms with van der Waals surface area (Å²) in [6.07, 6.45) is -11.1. The maximum Gasteiger partial charge on any atom is 0.471 e. The number of halogens is 6. The van der Waals surface area contributed by atoms with Gasteiger partial charge in [0.2, 0.25) is 17.7 Å². The monoisotopic (exact) mass is 553 g/mol. The normalized spacial score (nSPS) is 28.4. The Kier molecular flexibility index (Phi) is 7.96. The average molecular weight is 554 g/mol. The van der Waals surface area contributed by atoms with Gasteiger partial charge >= 0.3 is 18.3 Å². The van der Waals surface area contributed by atoms with Gasteiger partial charge in [0.25, 0.3) is 0 Å². The Bertz CT molecular complexity index is 1020. The summed E-state index contributed by atoms with van der Waals surface area (Å²) in [7, 11) is 0. The van der Waals surface area contributed by atoms with Gasteiger partial charge < -0.3 is 20.9 Å². The summed E-state index contributed by atoms with van der Waals surface area (Å²) in [5.41, 5.74) is -0.495. The van der Waals surface area contributed by atoms with E-state index >= 15 is 0 Å². The fourth-order valence-electron chi connectivity index (χ4n) is 5.76. The first-order chi connectivity index (χ1) is 17.4. The molecule has 7 atom stereocenters. The Morgan fingerprint density at radius 3 is 2.29 bits per heavy atom. The quantitative estimate of drug-likeness (QED) is 0.394. The third-order valence-electron chi connectivity index (χ3n) is 7.99. The molecule has 0 spiro atoms. The summed E-state index contributed by atoms with van der Waals surface area (Å²) in [6.45, 7) is 4.78. The molecule has 2 aliphatic heterocycles. The number of hydrogen-bond donors (Lipinski definition) is 3. The van der Waals surface area contributed by atoms with E-state index in [1.807, 2.05) is 6.07 Å². The molecular formula is C23H29F6N5O4. The summed E-state index contributed by atoms with van der Waals surface area (Å²) in [5, 5.41) is 15.8. The second-order valence-electron chi connectivity index (χ2n) is 10.6. The van der Waals surface area contributed by atoms with Crippen molar-refractivity contribution in [2.24, 2.45) is 29.1 Å². The van der Waals surface area contributed by atoms with Crippen molar-refractivity contribution >= 4 is 23.6 Å². The van der Waals surface area contributed by atoms with Gasteiger partial charge in [0.1, 0.15) is 18.1 Å². The van der Waals surface area contributed by atoms with E-state index < -0.39 is 77.8 Å². The highest BCUT2D eigenvalue weighted by Crippen LogP contribution is 2.65. The number of alkyl halides is 6. The van der Waals surface area contributed by atoms with Crippen LogP contribution in [0.4, 0.5) is 26.3 Å². The van der Waals surface area contributed by atoms with Crippen molar-refractivity contribution in [3.63, 3.8) is 0 Å². The van der Waals surface area contributed by atoms with Gasteiger partial charge in [-0.15, -0.1) is 0 Å². The van der Waals surface area contributed by atoms with E-state index in [1.165, 1.54) is 5.32 Å². The molecule has 0 radical (unpaired) electrons. The van der Waals surface area contributed by atoms with Gasteiger partial charge in [0.15, 0.2) is 0 Å². The van der Waals surface area contributed by atoms with E-state index in [1.54, 1.807) is 13.8 Å². The fraction of sp³-hybridized carbons (Fsp3) is 0.783. The second-order valence-corrected chi connectivity index (χ2v) is 10.6. The standard InChI is InChI=1S/C23H29F6N5O4/c1-4-12(22(24,25)26)15(33-20(38)23(27,28)29)19(37)34-9-13-14(21(13,2)3)16(34)18(36)32-11(8-30)7-10-5-6-31-17(10)35/h10-16H,4-7,9H2,1-3H3,(H,31,35)(H,32,36)(H,33,38)/t10-,11+,12-,13-,14-,15-,16-/m0/s1. The molecule has 3 N–H and O–H groups in total. The predicted molar refractivity (Wildman–Crippen MR) is 117 cm³/mol. The van der Waals surface area contributed by atoms with Crippen LogP contribution in [0.15, 0.2) is 0 Å². The highest BCUT2D eigenvalue weighted by Gasteiger charge is 2.70. The Balaban J connectivity index is 1.87. The van der Waals surface area contributed by atoms with Crippen LogP contribution in [0.25, 0.3) is 0 Å². The number of carbonyl (C=O) groups excluding carboxylic acids is 4. The number of hydrogen-bond acceptors (Lipinski definition) is 5. The van der Waals surface area contributed by atoms with E-state index in [9.17, 15) is 50.8 Å². The highest BCUT2D eigenvalue weighted by atomic mass is 19.4. The maximum atomic E-state index is 13.7. The minimum absolute atomic E-state index is 0.0253. The van der Waals surface area contributed by atoms with Crippen molar-refractivity contribution in [3.8, 4) is 6.07 Å². The first-order valence-electron chi connectivity index (χ1n) is 12.2. The number of piperidine rings is 1. The molecule has 3 rings (SSSR count). The van der Waals surface area contributed by atoms with Gasteiger partial charge in [0.05, 0.1) is 12.0 Å². The largest absolute Gasteiger partial charge is 0.471 e. The number of carbonyl (C=O) groups is 4. The van der Waals surface area contributed by atoms with Crippen molar-refractivity contribution in [1.29, 1.82) is 5.26 Å². The average Bonchev–Trinajstić information content (AvgIpc) is 3.16. The molecule has 3 aliphatic rings. The van der Waals surface area contributed by atoms with Gasteiger partial charge in [0, 0.05) is 19.0 Å². The zero-order valence-corrected chi connectivity index (χ0v) is 20.9. The molecule has 3 fully saturated rings. The van der Waals surface area contributed by atoms with Gasteiger partial charge in [-0.2, -0.15) is 31.6 Å². The van der Waals surface area contributed by atoms with E-state index in [-0.39, 0.29) is 24.8 Å². The zero-order chi connectivity index (χ0) is 28.8. The van der Waals surface area contributed by atoms with Crippen molar-refractivity contribution in [3.05, 3.63) is 0 Å². The lowest BCUT2D eigenvalue weighted by atomic mass is 9.92. The van der Waals surface area contributed by atoms with E-state index in [2.05, 4.69) is 10.6 Å². The molecule has 38 heavy (non-hydrogen) atoms. The van der Waals surface area contributed by atoms with E-state index in [0.29, 0.717) is 13.0 Å². The third-order valence-corrected chi connectivity index (χ3v) is 7.99. The lowest BCUT2D eigenvalue weighted by Gasteiger charge is -2.36. The van der Waals surface area contributed by atoms with Crippen LogP contribution in [0.1, 0.15) is 40.0 Å². The lowest BCUT2D eigenvalue weighted by molar-refractivity contribution is -0.195. The summed E-state index contributed by atoms with van der Waals surface area (Å²) < 4.78 is 79.9. The Labute approximate surface area is 214 Å². The van der Waals surface area contributed by atoms with Crippen LogP contribution >= 0.6 is 0 Å². The van der Waals surface area contributed by atoms with Crippen molar-refractivity contribution in [1.82, 2.24) is 20.9 Å². The number of amides is 4. The van der Waals surface area contributed by atoms with Crippen LogP contribution < -0.4 is 16.0 Å². The molecule has 212 valence electrons. The maximum absolute atomic E-state index is 13.7. The minimum atomic E-state index is -5.54. The zero-order valence-electron chi connectivity index (χ0n) is 20.9. The molecule has 0 bridgehead atoms. The Morgan fingerprint density at radius 2 is 1.82 bits per heavy atom. The molecule has 15 heteroatoms. The number of fused-ring (bicyclic) bond motifs is 1. The Hall–Kier alpha value is -3.05. The van der Waals surface area contributed by atoms with E-state index in [0.717, 1.165) is 11.8 Å². The molecule has 4 amide bonds. The summed E-state index contributed by atoms with van der Waals surface area (Å²) in [4.78, 5) is 50.9. The third kappa shape index (κ3) is 5.68. The molecule has 0 aromatic carbocycles. The van der Waals surface area contributed by atoms with Crippen molar-refractivity contribution < 1.29 is 45.5 Å². The Morgan fingerprint density at radius 1 is 1.18 bits per heavy atom. The van der Waals surface area contributed by atoms with Crippen LogP contribution in [-0.4, -0.2) is 72.1 Å². The molecular weight excluding hydrogens is 524 g/mol. The smallest absolute Gasteiger partial charge is 0.356 e. The number of nitriles is 1. The topological polar surface area (TPSA) is 131 Å². The lowest BCUT2D eigenvalue weighted by Crippen LogP contribution is -2.61. The van der Waals surface area contributed by atoms with Gasteiger partial charge in [-0.1, -0.05) is 20.8 Å². The molecule has 9 nitrogen and oxygen atoms in total. The van der Waals surface area contributed by atoms with Crippen LogP contribution in [-0.2, 0) is 19.2 Å². The summed E-state index contributed by atoms with van der Waals surface area (Å²) in [6, 6.07) is -3.26. The minimum Gasteiger partial charge on any atom is -0.356 e.